The highest BCUT2D eigenvalue weighted by Crippen LogP contribution is 2.36. The standard InChI is InChI=1S/C16H23ClN2O/c1-11(16(2,3)4)19-12-7-6-8-13(20-5)15(12)18-14(19)9-10-17/h6-8,11H,9-10H2,1-5H3. The minimum Gasteiger partial charge on any atom is -0.494 e. The maximum Gasteiger partial charge on any atom is 0.146 e. The fourth-order valence-corrected chi connectivity index (χ4v) is 2.55. The van der Waals surface area contributed by atoms with Gasteiger partial charge in [0.2, 0.25) is 0 Å². The van der Waals surface area contributed by atoms with Crippen molar-refractivity contribution in [1.82, 2.24) is 9.55 Å². The van der Waals surface area contributed by atoms with Gasteiger partial charge in [-0.3, -0.25) is 0 Å². The van der Waals surface area contributed by atoms with Gasteiger partial charge in [0.05, 0.1) is 12.6 Å². The van der Waals surface area contributed by atoms with Gasteiger partial charge in [0.15, 0.2) is 0 Å². The van der Waals surface area contributed by atoms with E-state index in [0.29, 0.717) is 11.9 Å². The molecule has 0 bridgehead atoms. The normalized spacial score (nSPS) is 13.7. The van der Waals surface area contributed by atoms with E-state index in [1.807, 2.05) is 12.1 Å². The molecule has 0 radical (unpaired) electrons. The lowest BCUT2D eigenvalue weighted by molar-refractivity contribution is 0.263. The van der Waals surface area contributed by atoms with E-state index in [1.165, 1.54) is 0 Å². The summed E-state index contributed by atoms with van der Waals surface area (Å²) in [6, 6.07) is 6.40. The van der Waals surface area contributed by atoms with Gasteiger partial charge in [0.1, 0.15) is 17.1 Å². The molecule has 1 heterocycles. The molecule has 0 saturated heterocycles. The van der Waals surface area contributed by atoms with Gasteiger partial charge in [-0.05, 0) is 24.5 Å². The summed E-state index contributed by atoms with van der Waals surface area (Å²) < 4.78 is 7.74. The Hall–Kier alpha value is -1.22. The Kier molecular flexibility index (Phi) is 4.28. The number of hydrogen-bond donors (Lipinski definition) is 0. The van der Waals surface area contributed by atoms with E-state index in [-0.39, 0.29) is 5.41 Å². The van der Waals surface area contributed by atoms with Crippen LogP contribution in [0, 0.1) is 5.41 Å². The van der Waals surface area contributed by atoms with Crippen LogP contribution in [0.3, 0.4) is 0 Å². The molecule has 1 aromatic carbocycles. The predicted octanol–water partition coefficient (Wildman–Crippen LogP) is 4.43. The highest BCUT2D eigenvalue weighted by atomic mass is 35.5. The largest absolute Gasteiger partial charge is 0.494 e. The number of aryl methyl sites for hydroxylation is 1. The third-order valence-electron chi connectivity index (χ3n) is 3.93. The van der Waals surface area contributed by atoms with Crippen LogP contribution in [0.2, 0.25) is 0 Å². The molecule has 3 nitrogen and oxygen atoms in total. The zero-order valence-electron chi connectivity index (χ0n) is 12.9. The summed E-state index contributed by atoms with van der Waals surface area (Å²) in [6.07, 6.45) is 0.764. The van der Waals surface area contributed by atoms with Crippen molar-refractivity contribution in [3.05, 3.63) is 24.0 Å². The number of nitrogens with zero attached hydrogens (tertiary/aromatic N) is 2. The van der Waals surface area contributed by atoms with Crippen LogP contribution in [0.25, 0.3) is 11.0 Å². The Balaban J connectivity index is 2.69. The molecule has 0 spiro atoms. The van der Waals surface area contributed by atoms with Gasteiger partial charge < -0.3 is 9.30 Å². The van der Waals surface area contributed by atoms with Crippen molar-refractivity contribution in [2.24, 2.45) is 5.41 Å². The number of aromatic nitrogens is 2. The lowest BCUT2D eigenvalue weighted by Crippen LogP contribution is -2.23. The maximum atomic E-state index is 5.94. The number of hydrogen-bond acceptors (Lipinski definition) is 2. The minimum atomic E-state index is 0.151. The first-order valence-corrected chi connectivity index (χ1v) is 7.53. The molecule has 2 rings (SSSR count). The molecule has 1 aromatic heterocycles. The molecule has 1 atom stereocenters. The zero-order valence-corrected chi connectivity index (χ0v) is 13.7. The third-order valence-corrected chi connectivity index (χ3v) is 4.12. The summed E-state index contributed by atoms with van der Waals surface area (Å²) >= 11 is 5.94. The number of ether oxygens (including phenoxy) is 1. The summed E-state index contributed by atoms with van der Waals surface area (Å²) in [5.41, 5.74) is 2.19. The van der Waals surface area contributed by atoms with E-state index in [9.17, 15) is 0 Å². The summed E-state index contributed by atoms with van der Waals surface area (Å²) in [5.74, 6) is 2.42. The van der Waals surface area contributed by atoms with Crippen molar-refractivity contribution in [3.8, 4) is 5.75 Å². The number of rotatable bonds is 4. The Morgan fingerprint density at radius 1 is 1.35 bits per heavy atom. The van der Waals surface area contributed by atoms with Gasteiger partial charge in [0, 0.05) is 18.3 Å². The SMILES string of the molecule is COc1cccc2c1nc(CCCl)n2C(C)C(C)(C)C. The van der Waals surface area contributed by atoms with Gasteiger partial charge in [-0.15, -0.1) is 11.6 Å². The first kappa shape index (κ1) is 15.2. The highest BCUT2D eigenvalue weighted by molar-refractivity contribution is 6.17. The van der Waals surface area contributed by atoms with E-state index in [4.69, 9.17) is 21.3 Å². The summed E-state index contributed by atoms with van der Waals surface area (Å²) in [5, 5.41) is 0. The van der Waals surface area contributed by atoms with Gasteiger partial charge in [0.25, 0.3) is 0 Å². The summed E-state index contributed by atoms with van der Waals surface area (Å²) in [6.45, 7) is 8.97. The molecule has 0 N–H and O–H groups in total. The Labute approximate surface area is 125 Å². The Morgan fingerprint density at radius 2 is 2.05 bits per heavy atom. The van der Waals surface area contributed by atoms with E-state index in [1.54, 1.807) is 7.11 Å². The lowest BCUT2D eigenvalue weighted by Gasteiger charge is -2.30. The number of methoxy groups -OCH3 is 1. The second-order valence-corrected chi connectivity index (χ2v) is 6.58. The third kappa shape index (κ3) is 2.64. The molecule has 0 aliphatic heterocycles. The van der Waals surface area contributed by atoms with Gasteiger partial charge in [-0.1, -0.05) is 26.8 Å². The molecule has 4 heteroatoms. The molecule has 1 unspecified atom stereocenters. The van der Waals surface area contributed by atoms with Crippen molar-refractivity contribution < 1.29 is 4.74 Å². The van der Waals surface area contributed by atoms with Crippen molar-refractivity contribution in [1.29, 1.82) is 0 Å². The van der Waals surface area contributed by atoms with Crippen LogP contribution in [0.1, 0.15) is 39.6 Å². The molecule has 110 valence electrons. The average Bonchev–Trinajstić information content (AvgIpc) is 2.74. The van der Waals surface area contributed by atoms with E-state index < -0.39 is 0 Å². The monoisotopic (exact) mass is 294 g/mol. The van der Waals surface area contributed by atoms with Crippen molar-refractivity contribution >= 4 is 22.6 Å². The van der Waals surface area contributed by atoms with Crippen LogP contribution in [-0.2, 0) is 6.42 Å². The number of alkyl halides is 1. The van der Waals surface area contributed by atoms with Crippen molar-refractivity contribution in [2.45, 2.75) is 40.2 Å². The zero-order chi connectivity index (χ0) is 14.9. The molecule has 20 heavy (non-hydrogen) atoms. The topological polar surface area (TPSA) is 27.1 Å². The Morgan fingerprint density at radius 3 is 2.60 bits per heavy atom. The number of fused-ring (bicyclic) bond motifs is 1. The van der Waals surface area contributed by atoms with Crippen molar-refractivity contribution in [3.63, 3.8) is 0 Å². The van der Waals surface area contributed by atoms with Crippen LogP contribution in [0.5, 0.6) is 5.75 Å². The molecule has 2 aromatic rings. The molecular weight excluding hydrogens is 272 g/mol. The molecule has 0 aliphatic rings. The van der Waals surface area contributed by atoms with E-state index in [0.717, 1.165) is 29.0 Å². The predicted molar refractivity (Wildman–Crippen MR) is 84.9 cm³/mol. The highest BCUT2D eigenvalue weighted by Gasteiger charge is 2.26. The molecular formula is C16H23ClN2O. The maximum absolute atomic E-state index is 5.94. The number of para-hydroxylation sites is 1. The van der Waals surface area contributed by atoms with Crippen molar-refractivity contribution in [2.75, 3.05) is 13.0 Å². The minimum absolute atomic E-state index is 0.151. The molecule has 0 aliphatic carbocycles. The quantitative estimate of drug-likeness (QED) is 0.780. The van der Waals surface area contributed by atoms with Gasteiger partial charge in [-0.25, -0.2) is 4.98 Å². The number of imidazole rings is 1. The fourth-order valence-electron chi connectivity index (χ4n) is 2.38. The fraction of sp³-hybridized carbons (Fsp3) is 0.562. The molecule has 0 saturated carbocycles. The van der Waals surface area contributed by atoms with E-state index in [2.05, 4.69) is 38.3 Å². The van der Waals surface area contributed by atoms with Crippen LogP contribution in [0.15, 0.2) is 18.2 Å². The van der Waals surface area contributed by atoms with Gasteiger partial charge >= 0.3 is 0 Å². The second-order valence-electron chi connectivity index (χ2n) is 6.21. The molecule has 0 fully saturated rings. The van der Waals surface area contributed by atoms with Crippen LogP contribution in [0.4, 0.5) is 0 Å². The number of halogens is 1. The van der Waals surface area contributed by atoms with Gasteiger partial charge in [-0.2, -0.15) is 0 Å². The summed E-state index contributed by atoms with van der Waals surface area (Å²) in [7, 11) is 1.68. The molecule has 0 amide bonds. The summed E-state index contributed by atoms with van der Waals surface area (Å²) in [4.78, 5) is 4.76. The first-order valence-electron chi connectivity index (χ1n) is 7.00. The average molecular weight is 295 g/mol. The van der Waals surface area contributed by atoms with Crippen LogP contribution in [-0.4, -0.2) is 22.5 Å². The van der Waals surface area contributed by atoms with Crippen LogP contribution < -0.4 is 4.74 Å². The lowest BCUT2D eigenvalue weighted by atomic mass is 9.87. The van der Waals surface area contributed by atoms with Crippen LogP contribution >= 0.6 is 11.6 Å². The number of benzene rings is 1. The van der Waals surface area contributed by atoms with E-state index >= 15 is 0 Å². The smallest absolute Gasteiger partial charge is 0.146 e. The Bertz CT molecular complexity index is 598. The second kappa shape index (κ2) is 5.65. The first-order chi connectivity index (χ1) is 9.40.